The maximum atomic E-state index is 5.18. The molecule has 3 heteroatoms. The van der Waals surface area contributed by atoms with E-state index in [-0.39, 0.29) is 5.41 Å². The van der Waals surface area contributed by atoms with E-state index in [0.29, 0.717) is 17.5 Å². The quantitative estimate of drug-likeness (QED) is 0.195. The minimum Gasteiger partial charge on any atom is -0.208 e. The van der Waals surface area contributed by atoms with Crippen molar-refractivity contribution >= 4 is 10.8 Å². The lowest BCUT2D eigenvalue weighted by molar-refractivity contribution is 0.660. The number of benzene rings is 7. The zero-order chi connectivity index (χ0) is 32.7. The van der Waals surface area contributed by atoms with E-state index >= 15 is 0 Å². The van der Waals surface area contributed by atoms with Gasteiger partial charge in [0.15, 0.2) is 17.5 Å². The summed E-state index contributed by atoms with van der Waals surface area (Å²) in [6.45, 7) is 4.61. The van der Waals surface area contributed by atoms with Gasteiger partial charge < -0.3 is 0 Å². The predicted molar refractivity (Wildman–Crippen MR) is 201 cm³/mol. The van der Waals surface area contributed by atoms with E-state index < -0.39 is 0 Å². The normalized spacial score (nSPS) is 13.3. The molecule has 7 aromatic carbocycles. The SMILES string of the molecule is CC1(C)c2ccccc2-c2c(-c3nc(-c4ccccc4)nc(-c4ccc(-c5ccc6c7c(cccc57)-c5ccccc5-6)cc4)n3)cccc21. The summed E-state index contributed by atoms with van der Waals surface area (Å²) in [4.78, 5) is 15.3. The molecule has 49 heavy (non-hydrogen) atoms. The Morgan fingerprint density at radius 3 is 1.61 bits per heavy atom. The molecule has 0 amide bonds. The fraction of sp³-hybridized carbons (Fsp3) is 0.0652. The van der Waals surface area contributed by atoms with Gasteiger partial charge in [-0.2, -0.15) is 0 Å². The molecule has 8 aromatic rings. The molecule has 0 atom stereocenters. The summed E-state index contributed by atoms with van der Waals surface area (Å²) in [6, 6.07) is 54.1. The lowest BCUT2D eigenvalue weighted by atomic mass is 9.82. The van der Waals surface area contributed by atoms with Crippen LogP contribution in [0.1, 0.15) is 25.0 Å². The van der Waals surface area contributed by atoms with Gasteiger partial charge >= 0.3 is 0 Å². The minimum absolute atomic E-state index is 0.110. The summed E-state index contributed by atoms with van der Waals surface area (Å²) in [5.74, 6) is 2.01. The van der Waals surface area contributed by atoms with Crippen LogP contribution in [0.2, 0.25) is 0 Å². The van der Waals surface area contributed by atoms with Crippen molar-refractivity contribution in [1.82, 2.24) is 15.0 Å². The maximum absolute atomic E-state index is 5.18. The molecule has 230 valence electrons. The van der Waals surface area contributed by atoms with Crippen molar-refractivity contribution in [2.75, 3.05) is 0 Å². The van der Waals surface area contributed by atoms with Crippen molar-refractivity contribution in [2.45, 2.75) is 19.3 Å². The highest BCUT2D eigenvalue weighted by molar-refractivity contribution is 6.18. The summed E-state index contributed by atoms with van der Waals surface area (Å²) in [5.41, 5.74) is 15.6. The lowest BCUT2D eigenvalue weighted by Crippen LogP contribution is -2.14. The number of hydrogen-bond donors (Lipinski definition) is 0. The Morgan fingerprint density at radius 1 is 0.347 bits per heavy atom. The van der Waals surface area contributed by atoms with Crippen LogP contribution in [0.4, 0.5) is 0 Å². The van der Waals surface area contributed by atoms with Gasteiger partial charge in [0.25, 0.3) is 0 Å². The number of nitrogens with zero attached hydrogens (tertiary/aromatic N) is 3. The molecule has 1 aromatic heterocycles. The zero-order valence-corrected chi connectivity index (χ0v) is 27.3. The van der Waals surface area contributed by atoms with Gasteiger partial charge in [-0.3, -0.25) is 0 Å². The van der Waals surface area contributed by atoms with Crippen LogP contribution in [-0.4, -0.2) is 15.0 Å². The van der Waals surface area contributed by atoms with Crippen molar-refractivity contribution in [3.63, 3.8) is 0 Å². The number of aromatic nitrogens is 3. The highest BCUT2D eigenvalue weighted by atomic mass is 15.0. The van der Waals surface area contributed by atoms with Crippen LogP contribution in [-0.2, 0) is 5.41 Å². The van der Waals surface area contributed by atoms with Gasteiger partial charge in [0.05, 0.1) is 0 Å². The van der Waals surface area contributed by atoms with E-state index in [9.17, 15) is 0 Å². The Labute approximate surface area is 285 Å². The second-order valence-electron chi connectivity index (χ2n) is 13.6. The first kappa shape index (κ1) is 27.9. The second-order valence-corrected chi connectivity index (χ2v) is 13.6. The van der Waals surface area contributed by atoms with Crippen molar-refractivity contribution in [1.29, 1.82) is 0 Å². The predicted octanol–water partition coefficient (Wildman–Crippen LogP) is 11.6. The summed E-state index contributed by atoms with van der Waals surface area (Å²) in [7, 11) is 0. The third kappa shape index (κ3) is 4.12. The zero-order valence-electron chi connectivity index (χ0n) is 27.3. The van der Waals surface area contributed by atoms with Crippen LogP contribution >= 0.6 is 0 Å². The minimum atomic E-state index is -0.110. The highest BCUT2D eigenvalue weighted by Crippen LogP contribution is 2.52. The van der Waals surface area contributed by atoms with E-state index in [4.69, 9.17) is 15.0 Å². The van der Waals surface area contributed by atoms with Crippen LogP contribution in [0.15, 0.2) is 152 Å². The molecule has 0 radical (unpaired) electrons. The van der Waals surface area contributed by atoms with Crippen LogP contribution in [0.5, 0.6) is 0 Å². The maximum Gasteiger partial charge on any atom is 0.164 e. The van der Waals surface area contributed by atoms with Crippen LogP contribution in [0.3, 0.4) is 0 Å². The Kier molecular flexibility index (Phi) is 5.92. The van der Waals surface area contributed by atoms with Crippen LogP contribution in [0, 0.1) is 0 Å². The van der Waals surface area contributed by atoms with Crippen molar-refractivity contribution in [3.05, 3.63) is 163 Å². The molecule has 0 spiro atoms. The van der Waals surface area contributed by atoms with E-state index in [1.54, 1.807) is 0 Å². The topological polar surface area (TPSA) is 38.7 Å². The first-order valence-electron chi connectivity index (χ1n) is 16.9. The molecule has 0 saturated heterocycles. The van der Waals surface area contributed by atoms with Crippen molar-refractivity contribution in [2.24, 2.45) is 0 Å². The highest BCUT2D eigenvalue weighted by Gasteiger charge is 2.37. The van der Waals surface area contributed by atoms with Gasteiger partial charge in [0.2, 0.25) is 0 Å². The van der Waals surface area contributed by atoms with E-state index in [0.717, 1.165) is 16.7 Å². The largest absolute Gasteiger partial charge is 0.208 e. The third-order valence-corrected chi connectivity index (χ3v) is 10.5. The van der Waals surface area contributed by atoms with Crippen molar-refractivity contribution in [3.8, 4) is 78.7 Å². The van der Waals surface area contributed by atoms with Crippen molar-refractivity contribution < 1.29 is 0 Å². The number of fused-ring (bicyclic) bond motifs is 6. The fourth-order valence-corrected chi connectivity index (χ4v) is 8.14. The Hall–Kier alpha value is -6.19. The van der Waals surface area contributed by atoms with Crippen LogP contribution in [0.25, 0.3) is 89.4 Å². The smallest absolute Gasteiger partial charge is 0.164 e. The third-order valence-electron chi connectivity index (χ3n) is 10.5. The molecule has 0 aliphatic heterocycles. The fourth-order valence-electron chi connectivity index (χ4n) is 8.14. The molecule has 1 heterocycles. The van der Waals surface area contributed by atoms with Gasteiger partial charge in [0, 0.05) is 22.1 Å². The summed E-state index contributed by atoms with van der Waals surface area (Å²) in [6.07, 6.45) is 0. The molecular formula is C46H31N3. The Balaban J connectivity index is 1.11. The van der Waals surface area contributed by atoms with Gasteiger partial charge in [-0.15, -0.1) is 0 Å². The molecule has 0 saturated carbocycles. The first-order valence-corrected chi connectivity index (χ1v) is 16.9. The average molecular weight is 626 g/mol. The standard InChI is InChI=1S/C46H31N3/c1-46(2)39-20-9-8-16-37(39)42-38(19-11-21-40(42)46)45-48-43(29-12-4-3-5-13-29)47-44(49-45)30-24-22-28(23-25-30)31-26-27-36-33-15-7-6-14-32(33)35-18-10-17-34(31)41(35)36/h3-27H,1-2H3. The molecule has 10 rings (SSSR count). The molecule has 2 aliphatic carbocycles. The van der Waals surface area contributed by atoms with Gasteiger partial charge in [0.1, 0.15) is 0 Å². The molecule has 2 aliphatic rings. The lowest BCUT2D eigenvalue weighted by Gasteiger charge is -2.21. The molecule has 0 N–H and O–H groups in total. The summed E-state index contributed by atoms with van der Waals surface area (Å²) < 4.78 is 0. The molecule has 3 nitrogen and oxygen atoms in total. The average Bonchev–Trinajstić information content (AvgIpc) is 3.61. The van der Waals surface area contributed by atoms with Gasteiger partial charge in [-0.1, -0.05) is 166 Å². The molecule has 0 fully saturated rings. The molecule has 0 unspecified atom stereocenters. The number of rotatable bonds is 4. The van der Waals surface area contributed by atoms with E-state index in [1.165, 1.54) is 66.4 Å². The number of hydrogen-bond acceptors (Lipinski definition) is 3. The summed E-state index contributed by atoms with van der Waals surface area (Å²) >= 11 is 0. The summed E-state index contributed by atoms with van der Waals surface area (Å²) in [5, 5.41) is 2.61. The Morgan fingerprint density at radius 2 is 0.857 bits per heavy atom. The molecule has 0 bridgehead atoms. The second kappa shape index (κ2) is 10.4. The first-order chi connectivity index (χ1) is 24.1. The van der Waals surface area contributed by atoms with Crippen LogP contribution < -0.4 is 0 Å². The van der Waals surface area contributed by atoms with E-state index in [2.05, 4.69) is 147 Å². The monoisotopic (exact) mass is 625 g/mol. The van der Waals surface area contributed by atoms with Gasteiger partial charge in [-0.05, 0) is 66.4 Å². The Bertz CT molecular complexity index is 2590. The molecular weight excluding hydrogens is 595 g/mol. The van der Waals surface area contributed by atoms with Gasteiger partial charge in [-0.25, -0.2) is 15.0 Å². The van der Waals surface area contributed by atoms with E-state index in [1.807, 2.05) is 18.2 Å².